The smallest absolute Gasteiger partial charge is 0.257 e. The summed E-state index contributed by atoms with van der Waals surface area (Å²) >= 11 is 0. The molecular formula is C21H24N4O2. The van der Waals surface area contributed by atoms with Gasteiger partial charge in [-0.15, -0.1) is 0 Å². The molecular weight excluding hydrogens is 340 g/mol. The quantitative estimate of drug-likeness (QED) is 0.853. The number of nitrogens with one attached hydrogen (secondary N) is 1. The number of ether oxygens (including phenoxy) is 1. The van der Waals surface area contributed by atoms with Crippen molar-refractivity contribution in [2.24, 2.45) is 5.92 Å². The topological polar surface area (TPSA) is 78.2 Å². The molecule has 0 radical (unpaired) electrons. The number of piperidine rings is 1. The van der Waals surface area contributed by atoms with E-state index >= 15 is 0 Å². The Kier molecular flexibility index (Phi) is 6.26. The van der Waals surface area contributed by atoms with E-state index < -0.39 is 0 Å². The van der Waals surface area contributed by atoms with Crippen LogP contribution in [0.25, 0.3) is 0 Å². The van der Waals surface area contributed by atoms with Gasteiger partial charge >= 0.3 is 0 Å². The maximum Gasteiger partial charge on any atom is 0.257 e. The summed E-state index contributed by atoms with van der Waals surface area (Å²) in [6.45, 7) is 4.37. The Labute approximate surface area is 159 Å². The molecule has 0 spiro atoms. The van der Waals surface area contributed by atoms with Gasteiger partial charge in [-0.3, -0.25) is 4.79 Å². The van der Waals surface area contributed by atoms with Crippen LogP contribution in [0, 0.1) is 24.2 Å². The largest absolute Gasteiger partial charge is 0.484 e. The summed E-state index contributed by atoms with van der Waals surface area (Å²) < 4.78 is 5.50. The minimum atomic E-state index is -0.102. The van der Waals surface area contributed by atoms with Gasteiger partial charge in [-0.2, -0.15) is 5.26 Å². The van der Waals surface area contributed by atoms with E-state index in [1.807, 2.05) is 31.2 Å². The van der Waals surface area contributed by atoms with E-state index in [-0.39, 0.29) is 12.5 Å². The summed E-state index contributed by atoms with van der Waals surface area (Å²) in [7, 11) is 0. The number of rotatable bonds is 6. The Bertz CT molecular complexity index is 806. The van der Waals surface area contributed by atoms with Gasteiger partial charge in [0.05, 0.1) is 5.56 Å². The van der Waals surface area contributed by atoms with Crippen molar-refractivity contribution in [3.63, 3.8) is 0 Å². The zero-order valence-corrected chi connectivity index (χ0v) is 15.5. The Morgan fingerprint density at radius 3 is 2.74 bits per heavy atom. The molecule has 0 aliphatic carbocycles. The first-order valence-electron chi connectivity index (χ1n) is 9.22. The van der Waals surface area contributed by atoms with Crippen LogP contribution in [0.15, 0.2) is 42.6 Å². The van der Waals surface area contributed by atoms with Crippen molar-refractivity contribution < 1.29 is 9.53 Å². The van der Waals surface area contributed by atoms with Crippen molar-refractivity contribution in [2.45, 2.75) is 19.8 Å². The van der Waals surface area contributed by atoms with Gasteiger partial charge in [0.15, 0.2) is 6.61 Å². The molecule has 6 heteroatoms. The van der Waals surface area contributed by atoms with Crippen molar-refractivity contribution in [3.05, 3.63) is 53.7 Å². The second-order valence-electron chi connectivity index (χ2n) is 6.82. The molecule has 0 atom stereocenters. The molecule has 0 bridgehead atoms. The number of aromatic nitrogens is 1. The van der Waals surface area contributed by atoms with Gasteiger partial charge in [-0.05, 0) is 49.9 Å². The number of benzene rings is 1. The molecule has 1 amide bonds. The summed E-state index contributed by atoms with van der Waals surface area (Å²) in [4.78, 5) is 18.5. The van der Waals surface area contributed by atoms with E-state index in [0.29, 0.717) is 23.8 Å². The summed E-state index contributed by atoms with van der Waals surface area (Å²) in [5.41, 5.74) is 1.77. The molecule has 1 aliphatic heterocycles. The van der Waals surface area contributed by atoms with E-state index in [9.17, 15) is 10.1 Å². The second-order valence-corrected chi connectivity index (χ2v) is 6.82. The molecule has 1 aromatic carbocycles. The Morgan fingerprint density at radius 2 is 2.04 bits per heavy atom. The van der Waals surface area contributed by atoms with E-state index in [0.717, 1.165) is 37.3 Å². The fraction of sp³-hybridized carbons (Fsp3) is 0.381. The first kappa shape index (κ1) is 18.7. The summed E-state index contributed by atoms with van der Waals surface area (Å²) in [5, 5.41) is 12.2. The summed E-state index contributed by atoms with van der Waals surface area (Å²) in [6.07, 6.45) is 3.64. The normalized spacial score (nSPS) is 14.4. The molecule has 3 rings (SSSR count). The molecule has 1 aliphatic rings. The highest BCUT2D eigenvalue weighted by Gasteiger charge is 2.22. The molecule has 1 saturated heterocycles. The molecule has 27 heavy (non-hydrogen) atoms. The minimum Gasteiger partial charge on any atom is -0.484 e. The van der Waals surface area contributed by atoms with E-state index in [1.165, 1.54) is 0 Å². The number of amides is 1. The van der Waals surface area contributed by atoms with Crippen molar-refractivity contribution in [3.8, 4) is 11.8 Å². The van der Waals surface area contributed by atoms with Crippen LogP contribution in [0.2, 0.25) is 0 Å². The van der Waals surface area contributed by atoms with Crippen molar-refractivity contribution in [2.75, 3.05) is 31.1 Å². The van der Waals surface area contributed by atoms with Crippen molar-refractivity contribution >= 4 is 11.7 Å². The first-order valence-corrected chi connectivity index (χ1v) is 9.22. The number of nitriles is 1. The van der Waals surface area contributed by atoms with Gasteiger partial charge in [0.25, 0.3) is 5.91 Å². The van der Waals surface area contributed by atoms with E-state index in [1.54, 1.807) is 18.3 Å². The highest BCUT2D eigenvalue weighted by molar-refractivity contribution is 5.77. The maximum atomic E-state index is 12.0. The third-order valence-electron chi connectivity index (χ3n) is 4.80. The standard InChI is InChI=1S/C21H24N4O2/c1-16-4-6-19(7-5-16)27-15-20(26)24-14-17-8-11-25(12-9-17)21-18(13-22)3-2-10-23-21/h2-7,10,17H,8-9,11-12,14-15H2,1H3,(H,24,26). The van der Waals surface area contributed by atoms with Crippen molar-refractivity contribution in [1.29, 1.82) is 5.26 Å². The maximum absolute atomic E-state index is 12.0. The summed E-state index contributed by atoms with van der Waals surface area (Å²) in [5.74, 6) is 1.79. The lowest BCUT2D eigenvalue weighted by atomic mass is 9.96. The van der Waals surface area contributed by atoms with Gasteiger partial charge in [0, 0.05) is 25.8 Å². The van der Waals surface area contributed by atoms with Crippen LogP contribution in [0.4, 0.5) is 5.82 Å². The third kappa shape index (κ3) is 5.20. The van der Waals surface area contributed by atoms with Crippen LogP contribution in [0.1, 0.15) is 24.0 Å². The minimum absolute atomic E-state index is 0.0291. The number of nitrogens with zero attached hydrogens (tertiary/aromatic N) is 3. The Morgan fingerprint density at radius 1 is 1.30 bits per heavy atom. The molecule has 1 fully saturated rings. The zero-order chi connectivity index (χ0) is 19.1. The molecule has 1 aromatic heterocycles. The average Bonchev–Trinajstić information content (AvgIpc) is 2.72. The number of carbonyl (C=O) groups excluding carboxylic acids is 1. The molecule has 2 aromatic rings. The van der Waals surface area contributed by atoms with Crippen LogP contribution in [-0.2, 0) is 4.79 Å². The molecule has 0 unspecified atom stereocenters. The zero-order valence-electron chi connectivity index (χ0n) is 15.5. The predicted octanol–water partition coefficient (Wildman–Crippen LogP) is 2.67. The van der Waals surface area contributed by atoms with Gasteiger partial charge in [0.2, 0.25) is 0 Å². The SMILES string of the molecule is Cc1ccc(OCC(=O)NCC2CCN(c3ncccc3C#N)CC2)cc1. The van der Waals surface area contributed by atoms with Crippen LogP contribution >= 0.6 is 0 Å². The lowest BCUT2D eigenvalue weighted by molar-refractivity contribution is -0.123. The van der Waals surface area contributed by atoms with Crippen molar-refractivity contribution in [1.82, 2.24) is 10.3 Å². The highest BCUT2D eigenvalue weighted by atomic mass is 16.5. The number of aryl methyl sites for hydroxylation is 1. The van der Waals surface area contributed by atoms with Crippen LogP contribution in [0.3, 0.4) is 0 Å². The van der Waals surface area contributed by atoms with E-state index in [2.05, 4.69) is 21.3 Å². The fourth-order valence-corrected chi connectivity index (χ4v) is 3.18. The lowest BCUT2D eigenvalue weighted by Gasteiger charge is -2.33. The molecule has 0 saturated carbocycles. The van der Waals surface area contributed by atoms with Crippen LogP contribution < -0.4 is 15.0 Å². The van der Waals surface area contributed by atoms with Crippen LogP contribution in [-0.4, -0.2) is 37.1 Å². The molecule has 140 valence electrons. The highest BCUT2D eigenvalue weighted by Crippen LogP contribution is 2.23. The number of hydrogen-bond donors (Lipinski definition) is 1. The monoisotopic (exact) mass is 364 g/mol. The van der Waals surface area contributed by atoms with Gasteiger partial charge in [-0.25, -0.2) is 4.98 Å². The number of anilines is 1. The number of hydrogen-bond acceptors (Lipinski definition) is 5. The molecule has 2 heterocycles. The second kappa shape index (κ2) is 9.04. The lowest BCUT2D eigenvalue weighted by Crippen LogP contribution is -2.40. The molecule has 6 nitrogen and oxygen atoms in total. The van der Waals surface area contributed by atoms with Gasteiger partial charge < -0.3 is 15.0 Å². The summed E-state index contributed by atoms with van der Waals surface area (Å²) in [6, 6.07) is 13.4. The predicted molar refractivity (Wildman–Crippen MR) is 104 cm³/mol. The number of carbonyl (C=O) groups is 1. The average molecular weight is 364 g/mol. The first-order chi connectivity index (χ1) is 13.2. The molecule has 1 N–H and O–H groups in total. The number of pyridine rings is 1. The van der Waals surface area contributed by atoms with E-state index in [4.69, 9.17) is 4.74 Å². The Balaban J connectivity index is 1.40. The fourth-order valence-electron chi connectivity index (χ4n) is 3.18. The third-order valence-corrected chi connectivity index (χ3v) is 4.80. The van der Waals surface area contributed by atoms with Gasteiger partial charge in [-0.1, -0.05) is 17.7 Å². The Hall–Kier alpha value is -3.07. The van der Waals surface area contributed by atoms with Gasteiger partial charge in [0.1, 0.15) is 17.6 Å². The van der Waals surface area contributed by atoms with Crippen LogP contribution in [0.5, 0.6) is 5.75 Å².